The van der Waals surface area contributed by atoms with Crippen LogP contribution in [0.1, 0.15) is 43.7 Å². The highest BCUT2D eigenvalue weighted by Crippen LogP contribution is 2.10. The van der Waals surface area contributed by atoms with E-state index >= 15 is 0 Å². The fourth-order valence-corrected chi connectivity index (χ4v) is 2.29. The van der Waals surface area contributed by atoms with Crippen LogP contribution in [0.25, 0.3) is 0 Å². The van der Waals surface area contributed by atoms with Crippen LogP contribution in [0.2, 0.25) is 0 Å². The molecule has 0 aromatic heterocycles. The summed E-state index contributed by atoms with van der Waals surface area (Å²) in [7, 11) is 0. The van der Waals surface area contributed by atoms with Crippen LogP contribution in [0.15, 0.2) is 59.7 Å². The predicted octanol–water partition coefficient (Wildman–Crippen LogP) is 5.23. The molecule has 3 nitrogen and oxygen atoms in total. The van der Waals surface area contributed by atoms with Crippen LogP contribution >= 0.6 is 0 Å². The molecule has 0 saturated carbocycles. The number of para-hydroxylation sites is 1. The maximum absolute atomic E-state index is 5.79. The number of hydrogen-bond donors (Lipinski definition) is 1. The van der Waals surface area contributed by atoms with Gasteiger partial charge in [-0.05, 0) is 24.1 Å². The van der Waals surface area contributed by atoms with Crippen molar-refractivity contribution in [3.05, 3.63) is 65.7 Å². The van der Waals surface area contributed by atoms with Crippen LogP contribution < -0.4 is 5.43 Å². The van der Waals surface area contributed by atoms with Crippen LogP contribution in [0, 0.1) is 0 Å². The first-order valence-corrected chi connectivity index (χ1v) is 8.40. The second-order valence-electron chi connectivity index (χ2n) is 5.55. The van der Waals surface area contributed by atoms with E-state index in [0.29, 0.717) is 6.61 Å². The van der Waals surface area contributed by atoms with E-state index in [0.717, 1.165) is 24.3 Å². The number of benzene rings is 2. The van der Waals surface area contributed by atoms with Crippen molar-refractivity contribution in [3.63, 3.8) is 0 Å². The van der Waals surface area contributed by atoms with Crippen molar-refractivity contribution in [3.8, 4) is 0 Å². The highest BCUT2D eigenvalue weighted by atomic mass is 16.5. The Balaban J connectivity index is 1.82. The molecular formula is C20H26N2O. The largest absolute Gasteiger partial charge is 0.377 e. The third kappa shape index (κ3) is 6.66. The molecule has 0 unspecified atom stereocenters. The molecule has 1 N–H and O–H groups in total. The summed E-state index contributed by atoms with van der Waals surface area (Å²) in [5.74, 6) is 0. The van der Waals surface area contributed by atoms with Crippen molar-refractivity contribution in [1.82, 2.24) is 0 Å². The lowest BCUT2D eigenvalue weighted by molar-refractivity contribution is 0.116. The van der Waals surface area contributed by atoms with Crippen molar-refractivity contribution in [2.45, 2.75) is 39.2 Å². The molecule has 0 spiro atoms. The molecule has 0 aliphatic heterocycles. The minimum Gasteiger partial charge on any atom is -0.377 e. The molecule has 0 amide bonds. The summed E-state index contributed by atoms with van der Waals surface area (Å²) in [4.78, 5) is 0. The fourth-order valence-electron chi connectivity index (χ4n) is 2.29. The summed E-state index contributed by atoms with van der Waals surface area (Å²) in [6.07, 6.45) is 6.79. The first-order chi connectivity index (χ1) is 11.4. The van der Waals surface area contributed by atoms with Gasteiger partial charge in [0.15, 0.2) is 0 Å². The van der Waals surface area contributed by atoms with E-state index in [4.69, 9.17) is 4.74 Å². The first-order valence-electron chi connectivity index (χ1n) is 8.40. The lowest BCUT2D eigenvalue weighted by atomic mass is 10.1. The van der Waals surface area contributed by atoms with E-state index in [1.54, 1.807) is 0 Å². The Morgan fingerprint density at radius 2 is 1.74 bits per heavy atom. The summed E-state index contributed by atoms with van der Waals surface area (Å²) in [5.41, 5.74) is 6.28. The Kier molecular flexibility index (Phi) is 7.92. The molecule has 2 aromatic carbocycles. The van der Waals surface area contributed by atoms with Crippen LogP contribution in [-0.4, -0.2) is 12.8 Å². The molecule has 0 bridgehead atoms. The van der Waals surface area contributed by atoms with Gasteiger partial charge in [-0.1, -0.05) is 68.7 Å². The van der Waals surface area contributed by atoms with Gasteiger partial charge in [0.05, 0.1) is 18.5 Å². The zero-order valence-corrected chi connectivity index (χ0v) is 13.9. The molecule has 0 aliphatic carbocycles. The number of unbranched alkanes of at least 4 members (excludes halogenated alkanes) is 3. The van der Waals surface area contributed by atoms with E-state index in [1.165, 1.54) is 24.8 Å². The van der Waals surface area contributed by atoms with Gasteiger partial charge in [0.1, 0.15) is 0 Å². The van der Waals surface area contributed by atoms with Gasteiger partial charge in [0.25, 0.3) is 0 Å². The number of nitrogens with one attached hydrogen (secondary N) is 1. The molecule has 0 saturated heterocycles. The zero-order valence-electron chi connectivity index (χ0n) is 13.9. The molecule has 23 heavy (non-hydrogen) atoms. The Hall–Kier alpha value is -2.13. The normalized spacial score (nSPS) is 11.0. The Bertz CT molecular complexity index is 581. The maximum atomic E-state index is 5.79. The molecule has 0 aliphatic rings. The third-order valence-electron chi connectivity index (χ3n) is 3.63. The number of rotatable bonds is 10. The lowest BCUT2D eigenvalue weighted by Gasteiger charge is -2.07. The van der Waals surface area contributed by atoms with Crippen molar-refractivity contribution >= 4 is 11.9 Å². The second kappa shape index (κ2) is 10.6. The molecule has 2 rings (SSSR count). The van der Waals surface area contributed by atoms with E-state index in [1.807, 2.05) is 48.7 Å². The minimum absolute atomic E-state index is 0.639. The first kappa shape index (κ1) is 17.2. The molecule has 3 heteroatoms. The SMILES string of the molecule is CCCCCCOCc1ccccc1C=NNc1ccccc1. The van der Waals surface area contributed by atoms with Crippen molar-refractivity contribution in [2.75, 3.05) is 12.0 Å². The van der Waals surface area contributed by atoms with Gasteiger partial charge in [0.2, 0.25) is 0 Å². The molecule has 122 valence electrons. The van der Waals surface area contributed by atoms with E-state index in [-0.39, 0.29) is 0 Å². The second-order valence-corrected chi connectivity index (χ2v) is 5.55. The summed E-state index contributed by atoms with van der Waals surface area (Å²) in [6.45, 7) is 3.69. The smallest absolute Gasteiger partial charge is 0.0723 e. The van der Waals surface area contributed by atoms with Crippen molar-refractivity contribution < 1.29 is 4.74 Å². The summed E-state index contributed by atoms with van der Waals surface area (Å²) >= 11 is 0. The van der Waals surface area contributed by atoms with E-state index in [9.17, 15) is 0 Å². The molecule has 2 aromatic rings. The molecule has 0 radical (unpaired) electrons. The molecule has 0 fully saturated rings. The van der Waals surface area contributed by atoms with Gasteiger partial charge < -0.3 is 4.74 Å². The summed E-state index contributed by atoms with van der Waals surface area (Å²) in [5, 5.41) is 4.31. The summed E-state index contributed by atoms with van der Waals surface area (Å²) in [6, 6.07) is 18.2. The van der Waals surface area contributed by atoms with Gasteiger partial charge in [-0.3, -0.25) is 5.43 Å². The van der Waals surface area contributed by atoms with Gasteiger partial charge in [-0.25, -0.2) is 0 Å². The van der Waals surface area contributed by atoms with E-state index < -0.39 is 0 Å². The molecule has 0 atom stereocenters. The predicted molar refractivity (Wildman–Crippen MR) is 97.9 cm³/mol. The maximum Gasteiger partial charge on any atom is 0.0723 e. The number of nitrogens with zero attached hydrogens (tertiary/aromatic N) is 1. The van der Waals surface area contributed by atoms with Crippen molar-refractivity contribution in [2.24, 2.45) is 5.10 Å². The van der Waals surface area contributed by atoms with Crippen LogP contribution in [0.4, 0.5) is 5.69 Å². The standard InChI is InChI=1S/C20H26N2O/c1-2-3-4-10-15-23-17-19-12-9-8-11-18(19)16-21-22-20-13-6-5-7-14-20/h5-9,11-14,16,22H,2-4,10,15,17H2,1H3. The zero-order chi connectivity index (χ0) is 16.2. The number of anilines is 1. The number of hydrazone groups is 1. The molecular weight excluding hydrogens is 284 g/mol. The number of hydrogen-bond acceptors (Lipinski definition) is 3. The Morgan fingerprint density at radius 1 is 0.957 bits per heavy atom. The minimum atomic E-state index is 0.639. The monoisotopic (exact) mass is 310 g/mol. The van der Waals surface area contributed by atoms with Crippen LogP contribution in [0.3, 0.4) is 0 Å². The van der Waals surface area contributed by atoms with E-state index in [2.05, 4.69) is 29.6 Å². The lowest BCUT2D eigenvalue weighted by Crippen LogP contribution is -2.00. The molecule has 0 heterocycles. The van der Waals surface area contributed by atoms with Gasteiger partial charge >= 0.3 is 0 Å². The van der Waals surface area contributed by atoms with Crippen LogP contribution in [-0.2, 0) is 11.3 Å². The third-order valence-corrected chi connectivity index (χ3v) is 3.63. The highest BCUT2D eigenvalue weighted by Gasteiger charge is 1.99. The topological polar surface area (TPSA) is 33.6 Å². The van der Waals surface area contributed by atoms with Gasteiger partial charge in [-0.15, -0.1) is 0 Å². The average Bonchev–Trinajstić information content (AvgIpc) is 2.60. The summed E-state index contributed by atoms with van der Waals surface area (Å²) < 4.78 is 5.79. The van der Waals surface area contributed by atoms with Crippen LogP contribution in [0.5, 0.6) is 0 Å². The van der Waals surface area contributed by atoms with Gasteiger partial charge in [-0.2, -0.15) is 5.10 Å². The average molecular weight is 310 g/mol. The highest BCUT2D eigenvalue weighted by molar-refractivity contribution is 5.82. The Labute approximate surface area is 139 Å². The fraction of sp³-hybridized carbons (Fsp3) is 0.350. The quantitative estimate of drug-likeness (QED) is 0.370. The number of ether oxygens (including phenoxy) is 1. The van der Waals surface area contributed by atoms with Crippen molar-refractivity contribution in [1.29, 1.82) is 0 Å². The Morgan fingerprint density at radius 3 is 2.57 bits per heavy atom. The van der Waals surface area contributed by atoms with Gasteiger partial charge in [0, 0.05) is 12.2 Å².